The van der Waals surface area contributed by atoms with Gasteiger partial charge in [-0.2, -0.15) is 10.1 Å². The topological polar surface area (TPSA) is 128 Å². The van der Waals surface area contributed by atoms with Crippen LogP contribution in [0, 0.1) is 20.8 Å². The van der Waals surface area contributed by atoms with Gasteiger partial charge in [-0.1, -0.05) is 68.7 Å². The summed E-state index contributed by atoms with van der Waals surface area (Å²) < 4.78 is 8.36. The van der Waals surface area contributed by atoms with E-state index in [0.717, 1.165) is 113 Å². The quantitative estimate of drug-likeness (QED) is 0.116. The maximum Gasteiger partial charge on any atom is 0.253 e. The molecule has 2 atom stereocenters. The van der Waals surface area contributed by atoms with Crippen molar-refractivity contribution in [2.45, 2.75) is 104 Å². The molecule has 11 heteroatoms. The van der Waals surface area contributed by atoms with Crippen molar-refractivity contribution in [2.24, 2.45) is 0 Å². The Labute approximate surface area is 333 Å². The van der Waals surface area contributed by atoms with Gasteiger partial charge in [0.2, 0.25) is 0 Å². The standard InChI is InChI=1S/C46H50N10O/c1-5-6-7-10-21-57-39-26-48-43-42(49-27-50-44(43)51-36-17-11-14-31-13-8-9-16-34(31)36)40(39)33-19-20-35-32(24-33)15-12-18-37(35)52-45-41-38(22-28(2)25-47-41)53-46(54-45)56-30(4)23-29(3)55-56/h8-9,13,16,19-20,22-27,36-37H,5-7,10-12,14-15,17-18,21H2,1-4H3,(H,49,50,51)(H,52,53,54). The smallest absolute Gasteiger partial charge is 0.253 e. The van der Waals surface area contributed by atoms with Crippen molar-refractivity contribution in [2.75, 3.05) is 17.2 Å². The molecular weight excluding hydrogens is 709 g/mol. The van der Waals surface area contributed by atoms with Gasteiger partial charge in [0.25, 0.3) is 5.95 Å². The molecule has 2 N–H and O–H groups in total. The number of pyridine rings is 2. The van der Waals surface area contributed by atoms with E-state index in [9.17, 15) is 0 Å². The molecule has 0 spiro atoms. The molecule has 2 aromatic carbocycles. The molecule has 57 heavy (non-hydrogen) atoms. The van der Waals surface area contributed by atoms with Crippen LogP contribution < -0.4 is 15.4 Å². The minimum Gasteiger partial charge on any atom is -0.491 e. The van der Waals surface area contributed by atoms with Crippen LogP contribution in [-0.4, -0.2) is 46.3 Å². The predicted octanol–water partition coefficient (Wildman–Crippen LogP) is 10.1. The maximum atomic E-state index is 6.55. The lowest BCUT2D eigenvalue weighted by Crippen LogP contribution is -2.19. The van der Waals surface area contributed by atoms with Crippen LogP contribution >= 0.6 is 0 Å². The number of nitrogens with zero attached hydrogens (tertiary/aromatic N) is 8. The lowest BCUT2D eigenvalue weighted by Gasteiger charge is -2.28. The summed E-state index contributed by atoms with van der Waals surface area (Å²) in [6, 6.07) is 19.8. The number of ether oxygens (including phenoxy) is 1. The molecule has 2 aliphatic carbocycles. The van der Waals surface area contributed by atoms with E-state index in [1.54, 1.807) is 6.33 Å². The molecule has 0 aliphatic heterocycles. The average molecular weight is 759 g/mol. The van der Waals surface area contributed by atoms with E-state index in [1.165, 1.54) is 35.1 Å². The van der Waals surface area contributed by atoms with E-state index >= 15 is 0 Å². The van der Waals surface area contributed by atoms with E-state index in [0.29, 0.717) is 18.4 Å². The van der Waals surface area contributed by atoms with E-state index in [1.807, 2.05) is 43.9 Å². The van der Waals surface area contributed by atoms with Crippen LogP contribution in [-0.2, 0) is 12.8 Å². The van der Waals surface area contributed by atoms with Crippen LogP contribution in [0.2, 0.25) is 0 Å². The van der Waals surface area contributed by atoms with Gasteiger partial charge in [-0.25, -0.2) is 24.6 Å². The molecule has 0 saturated carbocycles. The SMILES string of the molecule is CCCCCCOc1cnc2c(NC3CCCc4ccccc43)ncnc2c1-c1ccc2c(c1)CCCC2Nc1nc(-n2nc(C)cc2C)nc2cc(C)cnc12. The van der Waals surface area contributed by atoms with Crippen LogP contribution in [0.5, 0.6) is 5.75 Å². The highest BCUT2D eigenvalue weighted by atomic mass is 16.5. The summed E-state index contributed by atoms with van der Waals surface area (Å²) in [4.78, 5) is 29.4. The van der Waals surface area contributed by atoms with Crippen molar-refractivity contribution < 1.29 is 4.74 Å². The average Bonchev–Trinajstić information content (AvgIpc) is 3.57. The van der Waals surface area contributed by atoms with Gasteiger partial charge in [0.05, 0.1) is 41.7 Å². The predicted molar refractivity (Wildman–Crippen MR) is 226 cm³/mol. The zero-order valence-electron chi connectivity index (χ0n) is 33.3. The van der Waals surface area contributed by atoms with Crippen molar-refractivity contribution in [1.82, 2.24) is 39.7 Å². The number of benzene rings is 2. The molecule has 0 amide bonds. The van der Waals surface area contributed by atoms with Crippen LogP contribution in [0.1, 0.15) is 110 Å². The van der Waals surface area contributed by atoms with E-state index < -0.39 is 0 Å². The minimum atomic E-state index is 0.0391. The summed E-state index contributed by atoms with van der Waals surface area (Å²) >= 11 is 0. The third-order valence-corrected chi connectivity index (χ3v) is 11.5. The number of aryl methyl sites for hydroxylation is 5. The zero-order valence-corrected chi connectivity index (χ0v) is 33.3. The number of hydrogen-bond donors (Lipinski definition) is 2. The molecule has 290 valence electrons. The maximum absolute atomic E-state index is 6.55. The van der Waals surface area contributed by atoms with Gasteiger partial charge in [-0.15, -0.1) is 0 Å². The molecule has 5 aromatic heterocycles. The number of hydrogen-bond acceptors (Lipinski definition) is 10. The Morgan fingerprint density at radius 1 is 0.737 bits per heavy atom. The van der Waals surface area contributed by atoms with Crippen molar-refractivity contribution in [3.05, 3.63) is 113 Å². The molecule has 0 fully saturated rings. The third kappa shape index (κ3) is 7.38. The number of rotatable bonds is 12. The van der Waals surface area contributed by atoms with Gasteiger partial charge in [0.15, 0.2) is 11.6 Å². The van der Waals surface area contributed by atoms with Gasteiger partial charge >= 0.3 is 0 Å². The van der Waals surface area contributed by atoms with Gasteiger partial charge in [0.1, 0.15) is 28.6 Å². The summed E-state index contributed by atoms with van der Waals surface area (Å²) in [5.41, 5.74) is 13.3. The van der Waals surface area contributed by atoms with Gasteiger partial charge < -0.3 is 15.4 Å². The monoisotopic (exact) mass is 758 g/mol. The van der Waals surface area contributed by atoms with Crippen molar-refractivity contribution >= 4 is 33.7 Å². The van der Waals surface area contributed by atoms with Crippen LogP contribution in [0.15, 0.2) is 73.3 Å². The summed E-state index contributed by atoms with van der Waals surface area (Å²) in [6.07, 6.45) is 16.2. The molecule has 11 nitrogen and oxygen atoms in total. The van der Waals surface area contributed by atoms with Crippen LogP contribution in [0.25, 0.3) is 39.1 Å². The molecule has 0 bridgehead atoms. The molecule has 0 radical (unpaired) electrons. The molecule has 2 aliphatic rings. The summed E-state index contributed by atoms with van der Waals surface area (Å²) in [5, 5.41) is 12.3. The second-order valence-electron chi connectivity index (χ2n) is 15.7. The van der Waals surface area contributed by atoms with Gasteiger partial charge in [-0.3, -0.25) is 4.98 Å². The van der Waals surface area contributed by atoms with Crippen molar-refractivity contribution in [3.63, 3.8) is 0 Å². The first-order valence-corrected chi connectivity index (χ1v) is 20.6. The third-order valence-electron chi connectivity index (χ3n) is 11.5. The Bertz CT molecular complexity index is 2580. The molecule has 0 saturated heterocycles. The Morgan fingerprint density at radius 2 is 1.53 bits per heavy atom. The minimum absolute atomic E-state index is 0.0391. The number of unbranched alkanes of at least 4 members (excludes halogenated alkanes) is 3. The van der Waals surface area contributed by atoms with Crippen molar-refractivity contribution in [3.8, 4) is 22.8 Å². The first-order chi connectivity index (χ1) is 27.9. The lowest BCUT2D eigenvalue weighted by molar-refractivity contribution is 0.305. The second-order valence-corrected chi connectivity index (χ2v) is 15.7. The molecule has 9 rings (SSSR count). The molecule has 7 aromatic rings. The fraction of sp³-hybridized carbons (Fsp3) is 0.370. The molecule has 5 heterocycles. The van der Waals surface area contributed by atoms with Crippen molar-refractivity contribution in [1.29, 1.82) is 0 Å². The van der Waals surface area contributed by atoms with Gasteiger partial charge in [0, 0.05) is 11.9 Å². The normalized spacial score (nSPS) is 16.4. The summed E-state index contributed by atoms with van der Waals surface area (Å²) in [5.74, 6) is 2.74. The highest BCUT2D eigenvalue weighted by Gasteiger charge is 2.26. The number of fused-ring (bicyclic) bond motifs is 4. The number of aromatic nitrogens is 8. The Kier molecular flexibility index (Phi) is 10.2. The van der Waals surface area contributed by atoms with Crippen LogP contribution in [0.3, 0.4) is 0 Å². The van der Waals surface area contributed by atoms with Gasteiger partial charge in [-0.05, 0) is 111 Å². The molecule has 2 unspecified atom stereocenters. The van der Waals surface area contributed by atoms with E-state index in [4.69, 9.17) is 39.7 Å². The Balaban J connectivity index is 1.08. The number of anilines is 2. The first kappa shape index (κ1) is 36.7. The highest BCUT2D eigenvalue weighted by Crippen LogP contribution is 2.42. The Morgan fingerprint density at radius 3 is 2.35 bits per heavy atom. The first-order valence-electron chi connectivity index (χ1n) is 20.6. The van der Waals surface area contributed by atoms with E-state index in [-0.39, 0.29) is 12.1 Å². The number of nitrogens with one attached hydrogen (secondary N) is 2. The lowest BCUT2D eigenvalue weighted by atomic mass is 9.85. The molecular formula is C46H50N10O. The van der Waals surface area contributed by atoms with E-state index in [2.05, 4.69) is 66.1 Å². The highest BCUT2D eigenvalue weighted by molar-refractivity contribution is 5.99. The second kappa shape index (κ2) is 15.9. The fourth-order valence-corrected chi connectivity index (χ4v) is 8.68. The summed E-state index contributed by atoms with van der Waals surface area (Å²) in [7, 11) is 0. The Hall–Kier alpha value is -5.97. The van der Waals surface area contributed by atoms with Crippen LogP contribution in [0.4, 0.5) is 11.6 Å². The fourth-order valence-electron chi connectivity index (χ4n) is 8.68. The zero-order chi connectivity index (χ0) is 38.9. The summed E-state index contributed by atoms with van der Waals surface area (Å²) in [6.45, 7) is 8.91. The largest absolute Gasteiger partial charge is 0.491 e.